The topological polar surface area (TPSA) is 56.0 Å². The molecule has 2 unspecified atom stereocenters. The fourth-order valence-electron chi connectivity index (χ4n) is 1.01. The van der Waals surface area contributed by atoms with E-state index < -0.39 is 0 Å². The summed E-state index contributed by atoms with van der Waals surface area (Å²) in [5.74, 6) is 1.59. The first-order valence-electron chi connectivity index (χ1n) is 5.49. The number of hydrogen-bond acceptors (Lipinski definition) is 5. The van der Waals surface area contributed by atoms with Crippen LogP contribution in [0.15, 0.2) is 4.52 Å². The van der Waals surface area contributed by atoms with Crippen LogP contribution >= 0.6 is 11.8 Å². The maximum absolute atomic E-state index is 11.1. The standard InChI is InChI=1S/C11H18N2O2S/c1-5-7(2)16-6-10-12-11(15-13-10)8(3)9(4)14/h7-8H,5-6H2,1-4H3. The lowest BCUT2D eigenvalue weighted by Gasteiger charge is -2.04. The second kappa shape index (κ2) is 6.03. The van der Waals surface area contributed by atoms with Gasteiger partial charge in [0.15, 0.2) is 5.82 Å². The summed E-state index contributed by atoms with van der Waals surface area (Å²) in [7, 11) is 0. The highest BCUT2D eigenvalue weighted by Gasteiger charge is 2.18. The van der Waals surface area contributed by atoms with Gasteiger partial charge >= 0.3 is 0 Å². The van der Waals surface area contributed by atoms with Crippen molar-refractivity contribution in [3.05, 3.63) is 11.7 Å². The summed E-state index contributed by atoms with van der Waals surface area (Å²) < 4.78 is 5.06. The van der Waals surface area contributed by atoms with Gasteiger partial charge < -0.3 is 4.52 Å². The van der Waals surface area contributed by atoms with Crippen LogP contribution < -0.4 is 0 Å². The smallest absolute Gasteiger partial charge is 0.236 e. The van der Waals surface area contributed by atoms with E-state index in [1.165, 1.54) is 6.92 Å². The van der Waals surface area contributed by atoms with Crippen molar-refractivity contribution in [2.24, 2.45) is 0 Å². The molecule has 90 valence electrons. The van der Waals surface area contributed by atoms with Crippen LogP contribution in [-0.4, -0.2) is 21.2 Å². The third-order valence-electron chi connectivity index (χ3n) is 2.54. The van der Waals surface area contributed by atoms with Gasteiger partial charge in [-0.15, -0.1) is 0 Å². The molecule has 1 aromatic rings. The first kappa shape index (κ1) is 13.2. The second-order valence-electron chi connectivity index (χ2n) is 3.91. The van der Waals surface area contributed by atoms with Gasteiger partial charge in [-0.05, 0) is 20.3 Å². The van der Waals surface area contributed by atoms with Gasteiger partial charge in [-0.2, -0.15) is 16.7 Å². The fourth-order valence-corrected chi connectivity index (χ4v) is 1.80. The van der Waals surface area contributed by atoms with Crippen LogP contribution in [0.5, 0.6) is 0 Å². The van der Waals surface area contributed by atoms with Crippen LogP contribution in [-0.2, 0) is 10.5 Å². The molecule has 0 aliphatic carbocycles. The van der Waals surface area contributed by atoms with E-state index in [2.05, 4.69) is 24.0 Å². The number of thioether (sulfide) groups is 1. The molecule has 1 aromatic heterocycles. The Balaban J connectivity index is 2.55. The molecule has 0 aliphatic rings. The first-order chi connectivity index (χ1) is 7.54. The Bertz CT molecular complexity index is 352. The van der Waals surface area contributed by atoms with Crippen LogP contribution in [0.1, 0.15) is 51.7 Å². The van der Waals surface area contributed by atoms with Crippen molar-refractivity contribution in [3.63, 3.8) is 0 Å². The Kier molecular flexibility index (Phi) is 4.99. The van der Waals surface area contributed by atoms with Gasteiger partial charge in [0, 0.05) is 5.25 Å². The van der Waals surface area contributed by atoms with E-state index in [9.17, 15) is 4.79 Å². The SMILES string of the molecule is CCC(C)SCc1noc(C(C)C(C)=O)n1. The molecule has 0 aliphatic heterocycles. The van der Waals surface area contributed by atoms with Crippen molar-refractivity contribution in [1.29, 1.82) is 0 Å². The number of carbonyl (C=O) groups is 1. The molecule has 0 radical (unpaired) electrons. The molecule has 0 spiro atoms. The van der Waals surface area contributed by atoms with Crippen molar-refractivity contribution >= 4 is 17.5 Å². The fraction of sp³-hybridized carbons (Fsp3) is 0.727. The van der Waals surface area contributed by atoms with Gasteiger partial charge in [0.2, 0.25) is 5.89 Å². The average Bonchev–Trinajstić information content (AvgIpc) is 2.73. The lowest BCUT2D eigenvalue weighted by Crippen LogP contribution is -2.04. The zero-order chi connectivity index (χ0) is 12.1. The summed E-state index contributed by atoms with van der Waals surface area (Å²) in [5, 5.41) is 4.46. The average molecular weight is 242 g/mol. The van der Waals surface area contributed by atoms with Crippen LogP contribution in [0.3, 0.4) is 0 Å². The van der Waals surface area contributed by atoms with Gasteiger partial charge in [-0.25, -0.2) is 0 Å². The maximum Gasteiger partial charge on any atom is 0.236 e. The van der Waals surface area contributed by atoms with Crippen molar-refractivity contribution in [3.8, 4) is 0 Å². The number of rotatable bonds is 6. The molecular formula is C11H18N2O2S. The molecule has 16 heavy (non-hydrogen) atoms. The molecule has 0 bridgehead atoms. The van der Waals surface area contributed by atoms with E-state index in [-0.39, 0.29) is 11.7 Å². The predicted octanol–water partition coefficient (Wildman–Crippen LogP) is 2.79. The minimum Gasteiger partial charge on any atom is -0.339 e. The molecule has 0 saturated heterocycles. The normalized spacial score (nSPS) is 14.8. The van der Waals surface area contributed by atoms with Gasteiger partial charge in [0.1, 0.15) is 5.78 Å². The minimum atomic E-state index is -0.296. The highest BCUT2D eigenvalue weighted by atomic mass is 32.2. The number of Topliss-reactive ketones (excluding diaryl/α,β-unsaturated/α-hetero) is 1. The monoisotopic (exact) mass is 242 g/mol. The summed E-state index contributed by atoms with van der Waals surface area (Å²) >= 11 is 1.79. The number of carbonyl (C=O) groups excluding carboxylic acids is 1. The molecule has 0 saturated carbocycles. The van der Waals surface area contributed by atoms with Gasteiger partial charge in [-0.1, -0.05) is 19.0 Å². The highest BCUT2D eigenvalue weighted by Crippen LogP contribution is 2.20. The third-order valence-corrected chi connectivity index (χ3v) is 3.86. The van der Waals surface area contributed by atoms with Crippen LogP contribution in [0.4, 0.5) is 0 Å². The Morgan fingerprint density at radius 1 is 1.50 bits per heavy atom. The first-order valence-corrected chi connectivity index (χ1v) is 6.54. The molecule has 0 fully saturated rings. The molecule has 1 heterocycles. The molecule has 0 aromatic carbocycles. The number of aromatic nitrogens is 2. The summed E-state index contributed by atoms with van der Waals surface area (Å²) in [6, 6.07) is 0. The predicted molar refractivity (Wildman–Crippen MR) is 64.4 cm³/mol. The van der Waals surface area contributed by atoms with Crippen LogP contribution in [0.25, 0.3) is 0 Å². The maximum atomic E-state index is 11.1. The van der Waals surface area contributed by atoms with E-state index in [4.69, 9.17) is 4.52 Å². The lowest BCUT2D eigenvalue weighted by molar-refractivity contribution is -0.118. The molecule has 0 amide bonds. The molecule has 4 nitrogen and oxygen atoms in total. The summed E-state index contributed by atoms with van der Waals surface area (Å²) in [6.07, 6.45) is 1.12. The number of hydrogen-bond donors (Lipinski definition) is 0. The largest absolute Gasteiger partial charge is 0.339 e. The van der Waals surface area contributed by atoms with Gasteiger partial charge in [-0.3, -0.25) is 4.79 Å². The van der Waals surface area contributed by atoms with Crippen molar-refractivity contribution < 1.29 is 9.32 Å². The van der Waals surface area contributed by atoms with Crippen molar-refractivity contribution in [2.75, 3.05) is 0 Å². The molecule has 0 N–H and O–H groups in total. The molecule has 1 rings (SSSR count). The third kappa shape index (κ3) is 3.63. The van der Waals surface area contributed by atoms with E-state index in [1.807, 2.05) is 0 Å². The molecular weight excluding hydrogens is 224 g/mol. The molecule has 2 atom stereocenters. The quantitative estimate of drug-likeness (QED) is 0.767. The van der Waals surface area contributed by atoms with E-state index in [0.717, 1.165) is 12.2 Å². The van der Waals surface area contributed by atoms with Crippen LogP contribution in [0.2, 0.25) is 0 Å². The van der Waals surface area contributed by atoms with Crippen LogP contribution in [0, 0.1) is 0 Å². The van der Waals surface area contributed by atoms with E-state index in [0.29, 0.717) is 17.0 Å². The summed E-state index contributed by atoms with van der Waals surface area (Å²) in [4.78, 5) is 15.4. The number of nitrogens with zero attached hydrogens (tertiary/aromatic N) is 2. The second-order valence-corrected chi connectivity index (χ2v) is 5.34. The number of ketones is 1. The van der Waals surface area contributed by atoms with E-state index in [1.54, 1.807) is 18.7 Å². The zero-order valence-electron chi connectivity index (χ0n) is 10.2. The van der Waals surface area contributed by atoms with Crippen molar-refractivity contribution in [1.82, 2.24) is 10.1 Å². The minimum absolute atomic E-state index is 0.0461. The van der Waals surface area contributed by atoms with Gasteiger partial charge in [0.05, 0.1) is 11.7 Å². The Morgan fingerprint density at radius 3 is 2.75 bits per heavy atom. The Hall–Kier alpha value is -0.840. The zero-order valence-corrected chi connectivity index (χ0v) is 11.0. The Labute approximate surface area is 100 Å². The summed E-state index contributed by atoms with van der Waals surface area (Å²) in [6.45, 7) is 7.63. The Morgan fingerprint density at radius 2 is 2.19 bits per heavy atom. The summed E-state index contributed by atoms with van der Waals surface area (Å²) in [5.41, 5.74) is 0. The van der Waals surface area contributed by atoms with Crippen molar-refractivity contribution in [2.45, 2.75) is 51.0 Å². The highest BCUT2D eigenvalue weighted by molar-refractivity contribution is 7.99. The molecule has 5 heteroatoms. The van der Waals surface area contributed by atoms with Gasteiger partial charge in [0.25, 0.3) is 0 Å². The van der Waals surface area contributed by atoms with E-state index >= 15 is 0 Å². The lowest BCUT2D eigenvalue weighted by atomic mass is 10.1.